The molecule has 0 saturated carbocycles. The van der Waals surface area contributed by atoms with Gasteiger partial charge in [0.25, 0.3) is 0 Å². The highest BCUT2D eigenvalue weighted by molar-refractivity contribution is 5.85. The summed E-state index contributed by atoms with van der Waals surface area (Å²) in [4.78, 5) is 2.21. The minimum atomic E-state index is 0.221. The van der Waals surface area contributed by atoms with Crippen molar-refractivity contribution in [1.29, 1.82) is 0 Å². The van der Waals surface area contributed by atoms with Crippen LogP contribution in [0.15, 0.2) is 24.4 Å². The third kappa shape index (κ3) is 3.99. The molecule has 116 valence electrons. The van der Waals surface area contributed by atoms with Crippen molar-refractivity contribution in [3.05, 3.63) is 30.0 Å². The van der Waals surface area contributed by atoms with Crippen molar-refractivity contribution in [3.8, 4) is 5.75 Å². The molecular weight excluding hydrogens is 264 g/mol. The van der Waals surface area contributed by atoms with E-state index in [4.69, 9.17) is 9.47 Å². The zero-order chi connectivity index (χ0) is 15.4. The molecule has 4 nitrogen and oxygen atoms in total. The molecule has 0 fully saturated rings. The molecule has 0 amide bonds. The van der Waals surface area contributed by atoms with Crippen molar-refractivity contribution in [2.24, 2.45) is 0 Å². The Balaban J connectivity index is 2.35. The Bertz CT molecular complexity index is 588. The Kier molecular flexibility index (Phi) is 5.26. The Morgan fingerprint density at radius 1 is 1.24 bits per heavy atom. The van der Waals surface area contributed by atoms with Crippen LogP contribution in [0, 0.1) is 0 Å². The van der Waals surface area contributed by atoms with Crippen LogP contribution >= 0.6 is 0 Å². The molecule has 0 N–H and O–H groups in total. The zero-order valence-electron chi connectivity index (χ0n) is 13.7. The first-order valence-corrected chi connectivity index (χ1v) is 7.43. The summed E-state index contributed by atoms with van der Waals surface area (Å²) in [5, 5.41) is 1.28. The lowest BCUT2D eigenvalue weighted by Gasteiger charge is -2.10. The second-order valence-corrected chi connectivity index (χ2v) is 5.91. The second-order valence-electron chi connectivity index (χ2n) is 5.91. The maximum Gasteiger partial charge on any atom is 0.123 e. The van der Waals surface area contributed by atoms with Gasteiger partial charge in [-0.3, -0.25) is 0 Å². The summed E-state index contributed by atoms with van der Waals surface area (Å²) in [6.07, 6.45) is 3.46. The lowest BCUT2D eigenvalue weighted by molar-refractivity contribution is 0.0309. The van der Waals surface area contributed by atoms with Gasteiger partial charge < -0.3 is 18.9 Å². The number of hydrogen-bond donors (Lipinski definition) is 0. The number of rotatable bonds is 7. The first kappa shape index (κ1) is 15.9. The van der Waals surface area contributed by atoms with Crippen LogP contribution in [0.2, 0.25) is 0 Å². The van der Waals surface area contributed by atoms with E-state index in [0.29, 0.717) is 6.73 Å². The molecule has 0 spiro atoms. The van der Waals surface area contributed by atoms with Crippen LogP contribution in [0.4, 0.5) is 0 Å². The number of aromatic nitrogens is 1. The monoisotopic (exact) mass is 290 g/mol. The highest BCUT2D eigenvalue weighted by atomic mass is 16.5. The van der Waals surface area contributed by atoms with Crippen molar-refractivity contribution in [2.75, 3.05) is 27.7 Å². The minimum absolute atomic E-state index is 0.221. The van der Waals surface area contributed by atoms with E-state index in [1.54, 1.807) is 7.11 Å². The van der Waals surface area contributed by atoms with Gasteiger partial charge in [-0.25, -0.2) is 0 Å². The zero-order valence-corrected chi connectivity index (χ0v) is 13.7. The van der Waals surface area contributed by atoms with Crippen molar-refractivity contribution in [3.63, 3.8) is 0 Å². The molecule has 1 aromatic heterocycles. The fourth-order valence-electron chi connectivity index (χ4n) is 2.35. The van der Waals surface area contributed by atoms with Crippen LogP contribution in [0.3, 0.4) is 0 Å². The standard InChI is InChI=1S/C17H26N2O2/c1-13(2)21-12-19-11-14(8-9-18(3)4)16-7-6-15(20-5)10-17(16)19/h6-7,10-11,13H,8-9,12H2,1-5H3. The lowest BCUT2D eigenvalue weighted by atomic mass is 10.1. The van der Waals surface area contributed by atoms with Crippen LogP contribution in [0.5, 0.6) is 5.75 Å². The van der Waals surface area contributed by atoms with E-state index in [0.717, 1.165) is 18.7 Å². The normalized spacial score (nSPS) is 11.8. The van der Waals surface area contributed by atoms with E-state index in [-0.39, 0.29) is 6.10 Å². The van der Waals surface area contributed by atoms with Crippen molar-refractivity contribution in [1.82, 2.24) is 9.47 Å². The summed E-state index contributed by atoms with van der Waals surface area (Å²) in [5.41, 5.74) is 2.53. The van der Waals surface area contributed by atoms with Crippen molar-refractivity contribution < 1.29 is 9.47 Å². The topological polar surface area (TPSA) is 26.6 Å². The summed E-state index contributed by atoms with van der Waals surface area (Å²) >= 11 is 0. The molecule has 0 aliphatic rings. The van der Waals surface area contributed by atoms with Gasteiger partial charge in [0.05, 0.1) is 18.7 Å². The molecule has 2 aromatic rings. The first-order valence-electron chi connectivity index (χ1n) is 7.43. The summed E-state index contributed by atoms with van der Waals surface area (Å²) in [6.45, 7) is 5.72. The average Bonchev–Trinajstić information content (AvgIpc) is 2.80. The second kappa shape index (κ2) is 6.96. The fraction of sp³-hybridized carbons (Fsp3) is 0.529. The van der Waals surface area contributed by atoms with Crippen LogP contribution in [-0.2, 0) is 17.9 Å². The van der Waals surface area contributed by atoms with E-state index in [1.807, 2.05) is 6.07 Å². The Morgan fingerprint density at radius 3 is 2.62 bits per heavy atom. The van der Waals surface area contributed by atoms with E-state index in [9.17, 15) is 0 Å². The van der Waals surface area contributed by atoms with Gasteiger partial charge in [0.2, 0.25) is 0 Å². The van der Waals surface area contributed by atoms with Gasteiger partial charge in [-0.15, -0.1) is 0 Å². The molecule has 0 atom stereocenters. The predicted molar refractivity (Wildman–Crippen MR) is 87.0 cm³/mol. The van der Waals surface area contributed by atoms with Crippen LogP contribution in [-0.4, -0.2) is 43.3 Å². The Labute approximate surface area is 127 Å². The van der Waals surface area contributed by atoms with Crippen molar-refractivity contribution >= 4 is 10.9 Å². The Hall–Kier alpha value is -1.52. The number of fused-ring (bicyclic) bond motifs is 1. The third-order valence-corrected chi connectivity index (χ3v) is 3.55. The highest BCUT2D eigenvalue weighted by Gasteiger charge is 2.10. The molecule has 1 heterocycles. The summed E-state index contributed by atoms with van der Waals surface area (Å²) in [7, 11) is 5.90. The number of hydrogen-bond acceptors (Lipinski definition) is 3. The maximum absolute atomic E-state index is 5.76. The number of methoxy groups -OCH3 is 1. The van der Waals surface area contributed by atoms with E-state index < -0.39 is 0 Å². The number of benzene rings is 1. The minimum Gasteiger partial charge on any atom is -0.497 e. The summed E-state index contributed by atoms with van der Waals surface area (Å²) < 4.78 is 13.3. The van der Waals surface area contributed by atoms with Gasteiger partial charge in [-0.2, -0.15) is 0 Å². The fourth-order valence-corrected chi connectivity index (χ4v) is 2.35. The lowest BCUT2D eigenvalue weighted by Crippen LogP contribution is -2.14. The molecule has 0 saturated heterocycles. The van der Waals surface area contributed by atoms with Gasteiger partial charge >= 0.3 is 0 Å². The van der Waals surface area contributed by atoms with Crippen LogP contribution in [0.1, 0.15) is 19.4 Å². The van der Waals surface area contributed by atoms with E-state index in [1.165, 1.54) is 16.5 Å². The van der Waals surface area contributed by atoms with Crippen molar-refractivity contribution in [2.45, 2.75) is 33.1 Å². The molecule has 0 unspecified atom stereocenters. The van der Waals surface area contributed by atoms with Gasteiger partial charge in [0, 0.05) is 24.2 Å². The molecule has 0 aliphatic carbocycles. The number of likely N-dealkylation sites (N-methyl/N-ethyl adjacent to an activating group) is 1. The van der Waals surface area contributed by atoms with E-state index in [2.05, 4.69) is 55.7 Å². The third-order valence-electron chi connectivity index (χ3n) is 3.55. The van der Waals surface area contributed by atoms with Crippen LogP contribution < -0.4 is 4.74 Å². The predicted octanol–water partition coefficient (Wildman–Crippen LogP) is 3.14. The van der Waals surface area contributed by atoms with E-state index >= 15 is 0 Å². The van der Waals surface area contributed by atoms with Crippen LogP contribution in [0.25, 0.3) is 10.9 Å². The smallest absolute Gasteiger partial charge is 0.123 e. The molecule has 1 aromatic carbocycles. The average molecular weight is 290 g/mol. The van der Waals surface area contributed by atoms with Gasteiger partial charge in [-0.05, 0) is 52.1 Å². The number of nitrogens with zero attached hydrogens (tertiary/aromatic N) is 2. The summed E-state index contributed by atoms with van der Waals surface area (Å²) in [6, 6.07) is 6.25. The molecule has 0 bridgehead atoms. The van der Waals surface area contributed by atoms with Gasteiger partial charge in [-0.1, -0.05) is 0 Å². The maximum atomic E-state index is 5.76. The first-order chi connectivity index (χ1) is 10.0. The largest absolute Gasteiger partial charge is 0.497 e. The molecule has 4 heteroatoms. The molecular formula is C17H26N2O2. The molecule has 0 radical (unpaired) electrons. The molecule has 0 aliphatic heterocycles. The Morgan fingerprint density at radius 2 is 2.00 bits per heavy atom. The SMILES string of the molecule is COc1ccc2c(CCN(C)C)cn(COC(C)C)c2c1. The molecule has 21 heavy (non-hydrogen) atoms. The quantitative estimate of drug-likeness (QED) is 0.784. The van der Waals surface area contributed by atoms with Gasteiger partial charge in [0.1, 0.15) is 12.5 Å². The highest BCUT2D eigenvalue weighted by Crippen LogP contribution is 2.26. The number of ether oxygens (including phenoxy) is 2. The van der Waals surface area contributed by atoms with Gasteiger partial charge in [0.15, 0.2) is 0 Å². The summed E-state index contributed by atoms with van der Waals surface area (Å²) in [5.74, 6) is 0.880. The molecule has 2 rings (SSSR count).